The number of aromatic nitrogens is 3. The van der Waals surface area contributed by atoms with Crippen LogP contribution >= 0.6 is 0 Å². The van der Waals surface area contributed by atoms with E-state index in [0.29, 0.717) is 13.0 Å². The van der Waals surface area contributed by atoms with Crippen LogP contribution in [0.2, 0.25) is 0 Å². The second kappa shape index (κ2) is 3.55. The molecule has 0 aliphatic carbocycles. The lowest BCUT2D eigenvalue weighted by molar-refractivity contribution is 0.249. The van der Waals surface area contributed by atoms with Gasteiger partial charge in [-0.05, 0) is 0 Å². The Morgan fingerprint density at radius 3 is 3.18 bits per heavy atom. The summed E-state index contributed by atoms with van der Waals surface area (Å²) in [6.45, 7) is 0.477. The lowest BCUT2D eigenvalue weighted by Gasteiger charge is -1.96. The minimum atomic E-state index is -0.524. The van der Waals surface area contributed by atoms with Gasteiger partial charge in [0.15, 0.2) is 0 Å². The van der Waals surface area contributed by atoms with E-state index in [2.05, 4.69) is 20.5 Å². The van der Waals surface area contributed by atoms with E-state index in [0.717, 1.165) is 5.82 Å². The molecule has 1 rings (SSSR count). The molecule has 1 aromatic heterocycles. The summed E-state index contributed by atoms with van der Waals surface area (Å²) in [7, 11) is 0. The molecular weight excluding hydrogens is 146 g/mol. The molecule has 6 nitrogen and oxygen atoms in total. The number of H-pyrrole nitrogens is 1. The van der Waals surface area contributed by atoms with E-state index in [1.165, 1.54) is 6.33 Å². The van der Waals surface area contributed by atoms with Crippen molar-refractivity contribution >= 4 is 6.03 Å². The normalized spacial score (nSPS) is 9.45. The maximum Gasteiger partial charge on any atom is 0.312 e. The molecule has 0 unspecified atom stereocenters. The molecule has 11 heavy (non-hydrogen) atoms. The number of primary amides is 1. The minimum absolute atomic E-state index is 0.477. The summed E-state index contributed by atoms with van der Waals surface area (Å²) in [5, 5.41) is 8.73. The fourth-order valence-electron chi connectivity index (χ4n) is 0.655. The van der Waals surface area contributed by atoms with E-state index in [9.17, 15) is 4.79 Å². The smallest absolute Gasteiger partial charge is 0.312 e. The van der Waals surface area contributed by atoms with Crippen LogP contribution in [0.5, 0.6) is 0 Å². The first-order chi connectivity index (χ1) is 5.29. The van der Waals surface area contributed by atoms with Gasteiger partial charge in [-0.2, -0.15) is 5.10 Å². The molecule has 0 aliphatic rings. The SMILES string of the molecule is NC(=O)NCCc1ncn[nH]1. The van der Waals surface area contributed by atoms with Gasteiger partial charge < -0.3 is 11.1 Å². The highest BCUT2D eigenvalue weighted by molar-refractivity contribution is 5.71. The van der Waals surface area contributed by atoms with Gasteiger partial charge in [-0.1, -0.05) is 0 Å². The van der Waals surface area contributed by atoms with Gasteiger partial charge in [0.05, 0.1) is 0 Å². The van der Waals surface area contributed by atoms with Gasteiger partial charge in [0.1, 0.15) is 12.2 Å². The van der Waals surface area contributed by atoms with Crippen molar-refractivity contribution in [2.24, 2.45) is 5.73 Å². The van der Waals surface area contributed by atoms with E-state index in [1.54, 1.807) is 0 Å². The fraction of sp³-hybridized carbons (Fsp3) is 0.400. The zero-order valence-corrected chi connectivity index (χ0v) is 5.87. The lowest BCUT2D eigenvalue weighted by Crippen LogP contribution is -2.31. The van der Waals surface area contributed by atoms with E-state index >= 15 is 0 Å². The van der Waals surface area contributed by atoms with Crippen LogP contribution in [0.15, 0.2) is 6.33 Å². The van der Waals surface area contributed by atoms with Crippen LogP contribution in [-0.2, 0) is 6.42 Å². The van der Waals surface area contributed by atoms with E-state index in [-0.39, 0.29) is 0 Å². The number of hydrogen-bond donors (Lipinski definition) is 3. The molecule has 0 saturated heterocycles. The van der Waals surface area contributed by atoms with Crippen molar-refractivity contribution in [3.05, 3.63) is 12.2 Å². The second-order valence-electron chi connectivity index (χ2n) is 1.97. The predicted molar refractivity (Wildman–Crippen MR) is 37.7 cm³/mol. The quantitative estimate of drug-likeness (QED) is 0.523. The first-order valence-electron chi connectivity index (χ1n) is 3.16. The Kier molecular flexibility index (Phi) is 2.42. The van der Waals surface area contributed by atoms with Gasteiger partial charge in [-0.25, -0.2) is 9.78 Å². The van der Waals surface area contributed by atoms with Crippen molar-refractivity contribution in [2.45, 2.75) is 6.42 Å². The van der Waals surface area contributed by atoms with E-state index in [1.807, 2.05) is 0 Å². The summed E-state index contributed by atoms with van der Waals surface area (Å²) in [5.74, 6) is 0.735. The topological polar surface area (TPSA) is 96.7 Å². The Morgan fingerprint density at radius 2 is 2.64 bits per heavy atom. The van der Waals surface area contributed by atoms with E-state index < -0.39 is 6.03 Å². The number of aromatic amines is 1. The summed E-state index contributed by atoms with van der Waals surface area (Å²) in [6, 6.07) is -0.524. The van der Waals surface area contributed by atoms with Gasteiger partial charge in [0.25, 0.3) is 0 Å². The van der Waals surface area contributed by atoms with Gasteiger partial charge >= 0.3 is 6.03 Å². The van der Waals surface area contributed by atoms with Crippen molar-refractivity contribution in [2.75, 3.05) is 6.54 Å². The van der Waals surface area contributed by atoms with Gasteiger partial charge in [0.2, 0.25) is 0 Å². The largest absolute Gasteiger partial charge is 0.352 e. The molecule has 0 aromatic carbocycles. The van der Waals surface area contributed by atoms with Crippen LogP contribution in [0.25, 0.3) is 0 Å². The van der Waals surface area contributed by atoms with E-state index in [4.69, 9.17) is 5.73 Å². The predicted octanol–water partition coefficient (Wildman–Crippen LogP) is -0.985. The molecule has 0 atom stereocenters. The summed E-state index contributed by atoms with van der Waals surface area (Å²) >= 11 is 0. The van der Waals surface area contributed by atoms with Crippen LogP contribution < -0.4 is 11.1 Å². The maximum atomic E-state index is 10.2. The summed E-state index contributed by atoms with van der Waals surface area (Å²) in [4.78, 5) is 14.0. The third-order valence-electron chi connectivity index (χ3n) is 1.13. The van der Waals surface area contributed by atoms with Gasteiger partial charge in [0, 0.05) is 13.0 Å². The molecular formula is C5H9N5O. The molecule has 0 fully saturated rings. The van der Waals surface area contributed by atoms with Crippen LogP contribution in [-0.4, -0.2) is 27.8 Å². The molecule has 2 amide bonds. The fourth-order valence-corrected chi connectivity index (χ4v) is 0.655. The maximum absolute atomic E-state index is 10.2. The molecule has 1 aromatic rings. The van der Waals surface area contributed by atoms with Gasteiger partial charge in [-0.15, -0.1) is 0 Å². The van der Waals surface area contributed by atoms with Gasteiger partial charge in [-0.3, -0.25) is 5.10 Å². The number of urea groups is 1. The second-order valence-corrected chi connectivity index (χ2v) is 1.97. The summed E-state index contributed by atoms with van der Waals surface area (Å²) in [5.41, 5.74) is 4.84. The summed E-state index contributed by atoms with van der Waals surface area (Å²) in [6.07, 6.45) is 2.03. The average Bonchev–Trinajstić information content (AvgIpc) is 2.39. The number of nitrogens with one attached hydrogen (secondary N) is 2. The van der Waals surface area contributed by atoms with Crippen LogP contribution in [0.3, 0.4) is 0 Å². The Hall–Kier alpha value is -1.59. The highest BCUT2D eigenvalue weighted by Crippen LogP contribution is 1.84. The molecule has 0 bridgehead atoms. The number of carbonyl (C=O) groups excluding carboxylic acids is 1. The summed E-state index contributed by atoms with van der Waals surface area (Å²) < 4.78 is 0. The Balaban J connectivity index is 2.19. The Labute approximate surface area is 63.2 Å². The van der Waals surface area contributed by atoms with Crippen molar-refractivity contribution < 1.29 is 4.79 Å². The average molecular weight is 155 g/mol. The zero-order chi connectivity index (χ0) is 8.10. The molecule has 4 N–H and O–H groups in total. The standard InChI is InChI=1S/C5H9N5O/c6-5(11)7-2-1-4-8-3-9-10-4/h3H,1-2H2,(H3,6,7,11)(H,8,9,10). The molecule has 1 heterocycles. The third-order valence-corrected chi connectivity index (χ3v) is 1.13. The minimum Gasteiger partial charge on any atom is -0.352 e. The Morgan fingerprint density at radius 1 is 1.82 bits per heavy atom. The van der Waals surface area contributed by atoms with Crippen molar-refractivity contribution in [3.63, 3.8) is 0 Å². The molecule has 60 valence electrons. The highest BCUT2D eigenvalue weighted by atomic mass is 16.2. The Bertz CT molecular complexity index is 219. The number of nitrogens with zero attached hydrogens (tertiary/aromatic N) is 2. The zero-order valence-electron chi connectivity index (χ0n) is 5.87. The number of rotatable bonds is 3. The molecule has 0 aliphatic heterocycles. The third kappa shape index (κ3) is 2.65. The highest BCUT2D eigenvalue weighted by Gasteiger charge is 1.95. The number of hydrogen-bond acceptors (Lipinski definition) is 3. The first-order valence-corrected chi connectivity index (χ1v) is 3.16. The van der Waals surface area contributed by atoms with Crippen LogP contribution in [0.1, 0.15) is 5.82 Å². The monoisotopic (exact) mass is 155 g/mol. The van der Waals surface area contributed by atoms with Crippen molar-refractivity contribution in [3.8, 4) is 0 Å². The van der Waals surface area contributed by atoms with Crippen LogP contribution in [0.4, 0.5) is 4.79 Å². The van der Waals surface area contributed by atoms with Crippen molar-refractivity contribution in [1.29, 1.82) is 0 Å². The number of amides is 2. The number of nitrogens with two attached hydrogens (primary N) is 1. The molecule has 0 saturated carbocycles. The molecule has 0 spiro atoms. The number of carbonyl (C=O) groups is 1. The van der Waals surface area contributed by atoms with Crippen molar-refractivity contribution in [1.82, 2.24) is 20.5 Å². The molecule has 0 radical (unpaired) electrons. The van der Waals surface area contributed by atoms with Crippen LogP contribution in [0, 0.1) is 0 Å². The molecule has 6 heteroatoms. The first kappa shape index (κ1) is 7.52. The lowest BCUT2D eigenvalue weighted by atomic mass is 10.4.